The molecule has 2 aromatic rings. The first kappa shape index (κ1) is 27.5. The van der Waals surface area contributed by atoms with Gasteiger partial charge in [-0.05, 0) is 41.0 Å². The normalized spacial score (nSPS) is 13.6. The summed E-state index contributed by atoms with van der Waals surface area (Å²) in [4.78, 5) is 48.8. The Morgan fingerprint density at radius 1 is 0.946 bits per heavy atom. The highest BCUT2D eigenvalue weighted by Gasteiger charge is 2.32. The zero-order chi connectivity index (χ0) is 26.9. The SMILES string of the molecule is COC(=O)[C@H](CCCNC(N)=O)NC(=O)[C@@H](NC(=O)OCC1c2ccccc2-c2ccccc21)C(C)C. The summed E-state index contributed by atoms with van der Waals surface area (Å²) in [5.74, 6) is -1.56. The summed E-state index contributed by atoms with van der Waals surface area (Å²) < 4.78 is 10.4. The first-order valence-electron chi connectivity index (χ1n) is 12.3. The summed E-state index contributed by atoms with van der Waals surface area (Å²) in [6.07, 6.45) is -0.125. The number of primary amides is 1. The minimum absolute atomic E-state index is 0.109. The quantitative estimate of drug-likeness (QED) is 0.270. The van der Waals surface area contributed by atoms with Gasteiger partial charge in [0.1, 0.15) is 18.7 Å². The lowest BCUT2D eigenvalue weighted by atomic mass is 9.98. The van der Waals surface area contributed by atoms with E-state index in [2.05, 4.69) is 28.1 Å². The second kappa shape index (κ2) is 12.8. The zero-order valence-corrected chi connectivity index (χ0v) is 21.3. The number of hydrogen-bond donors (Lipinski definition) is 4. The number of esters is 1. The maximum atomic E-state index is 13.0. The van der Waals surface area contributed by atoms with Gasteiger partial charge >= 0.3 is 18.1 Å². The van der Waals surface area contributed by atoms with Gasteiger partial charge < -0.3 is 31.2 Å². The molecule has 0 aliphatic heterocycles. The van der Waals surface area contributed by atoms with Crippen LogP contribution < -0.4 is 21.7 Å². The Morgan fingerprint density at radius 3 is 2.08 bits per heavy atom. The van der Waals surface area contributed by atoms with Gasteiger partial charge in [0, 0.05) is 12.5 Å². The number of amides is 4. The van der Waals surface area contributed by atoms with Gasteiger partial charge in [-0.1, -0.05) is 62.4 Å². The van der Waals surface area contributed by atoms with E-state index in [1.807, 2.05) is 36.4 Å². The lowest BCUT2D eigenvalue weighted by Gasteiger charge is -2.25. The van der Waals surface area contributed by atoms with Gasteiger partial charge in [-0.25, -0.2) is 14.4 Å². The summed E-state index contributed by atoms with van der Waals surface area (Å²) in [5, 5.41) is 7.70. The third-order valence-electron chi connectivity index (χ3n) is 6.34. The van der Waals surface area contributed by atoms with Crippen molar-refractivity contribution >= 4 is 24.0 Å². The van der Waals surface area contributed by atoms with E-state index < -0.39 is 36.1 Å². The summed E-state index contributed by atoms with van der Waals surface area (Å²) >= 11 is 0. The molecular weight excluding hydrogens is 476 g/mol. The summed E-state index contributed by atoms with van der Waals surface area (Å²) in [6.45, 7) is 3.91. The monoisotopic (exact) mass is 510 g/mol. The fourth-order valence-electron chi connectivity index (χ4n) is 4.47. The third kappa shape index (κ3) is 6.99. The molecule has 0 saturated heterocycles. The van der Waals surface area contributed by atoms with Crippen molar-refractivity contribution in [2.24, 2.45) is 11.7 Å². The molecule has 3 rings (SSSR count). The predicted octanol–water partition coefficient (Wildman–Crippen LogP) is 2.66. The Labute approximate surface area is 216 Å². The Hall–Kier alpha value is -4.08. The number of nitrogens with one attached hydrogen (secondary N) is 3. The first-order chi connectivity index (χ1) is 17.7. The van der Waals surface area contributed by atoms with Crippen LogP contribution in [0.5, 0.6) is 0 Å². The average Bonchev–Trinajstić information content (AvgIpc) is 3.20. The van der Waals surface area contributed by atoms with Gasteiger partial charge in [-0.2, -0.15) is 0 Å². The number of hydrogen-bond acceptors (Lipinski definition) is 6. The minimum Gasteiger partial charge on any atom is -0.467 e. The zero-order valence-electron chi connectivity index (χ0n) is 21.3. The van der Waals surface area contributed by atoms with Crippen LogP contribution in [0.2, 0.25) is 0 Å². The number of benzene rings is 2. The topological polar surface area (TPSA) is 149 Å². The van der Waals surface area contributed by atoms with Crippen molar-refractivity contribution in [3.63, 3.8) is 0 Å². The highest BCUT2D eigenvalue weighted by Crippen LogP contribution is 2.44. The fourth-order valence-corrected chi connectivity index (χ4v) is 4.47. The highest BCUT2D eigenvalue weighted by molar-refractivity contribution is 5.90. The van der Waals surface area contributed by atoms with Crippen LogP contribution in [-0.4, -0.2) is 56.3 Å². The lowest BCUT2D eigenvalue weighted by molar-refractivity contribution is -0.145. The average molecular weight is 511 g/mol. The number of urea groups is 1. The molecule has 0 unspecified atom stereocenters. The van der Waals surface area contributed by atoms with Crippen LogP contribution in [0.1, 0.15) is 43.7 Å². The van der Waals surface area contributed by atoms with Gasteiger partial charge in [0.25, 0.3) is 0 Å². The second-order valence-corrected chi connectivity index (χ2v) is 9.21. The summed E-state index contributed by atoms with van der Waals surface area (Å²) in [6, 6.07) is 13.5. The van der Waals surface area contributed by atoms with Gasteiger partial charge in [-0.3, -0.25) is 4.79 Å². The molecule has 5 N–H and O–H groups in total. The van der Waals surface area contributed by atoms with Gasteiger partial charge in [-0.15, -0.1) is 0 Å². The van der Waals surface area contributed by atoms with Crippen molar-refractivity contribution in [1.29, 1.82) is 0 Å². The maximum Gasteiger partial charge on any atom is 0.407 e. The third-order valence-corrected chi connectivity index (χ3v) is 6.34. The van der Waals surface area contributed by atoms with E-state index in [0.717, 1.165) is 22.3 Å². The fraction of sp³-hybridized carbons (Fsp3) is 0.407. The summed E-state index contributed by atoms with van der Waals surface area (Å²) in [7, 11) is 1.22. The molecule has 4 amide bonds. The van der Waals surface area contributed by atoms with Gasteiger partial charge in [0.2, 0.25) is 5.91 Å². The first-order valence-corrected chi connectivity index (χ1v) is 12.3. The van der Waals surface area contributed by atoms with Crippen LogP contribution in [0.3, 0.4) is 0 Å². The molecule has 198 valence electrons. The van der Waals surface area contributed by atoms with Crippen molar-refractivity contribution in [2.75, 3.05) is 20.3 Å². The van der Waals surface area contributed by atoms with Crippen LogP contribution >= 0.6 is 0 Å². The standard InChI is InChI=1S/C27H34N4O6/c1-16(2)23(24(32)30-22(25(33)36-3)13-8-14-29-26(28)34)31-27(35)37-15-21-19-11-6-4-9-17(19)18-10-5-7-12-20(18)21/h4-7,9-12,16,21-23H,8,13-15H2,1-3H3,(H,30,32)(H,31,35)(H3,28,29,34)/t22-,23-/m0/s1. The molecule has 2 aromatic carbocycles. The van der Waals surface area contributed by atoms with Crippen molar-refractivity contribution in [1.82, 2.24) is 16.0 Å². The number of rotatable bonds is 11. The number of methoxy groups -OCH3 is 1. The Balaban J connectivity index is 1.61. The van der Waals surface area contributed by atoms with E-state index in [1.165, 1.54) is 7.11 Å². The largest absolute Gasteiger partial charge is 0.467 e. The van der Waals surface area contributed by atoms with Crippen LogP contribution in [0.4, 0.5) is 9.59 Å². The van der Waals surface area contributed by atoms with E-state index in [1.54, 1.807) is 13.8 Å². The Bertz CT molecular complexity index is 1090. The van der Waals surface area contributed by atoms with E-state index in [9.17, 15) is 19.2 Å². The number of carbonyl (C=O) groups excluding carboxylic acids is 4. The number of nitrogens with two attached hydrogens (primary N) is 1. The Kier molecular flexibility index (Phi) is 9.48. The second-order valence-electron chi connectivity index (χ2n) is 9.21. The van der Waals surface area contributed by atoms with Crippen molar-refractivity contribution in [3.05, 3.63) is 59.7 Å². The molecular formula is C27H34N4O6. The van der Waals surface area contributed by atoms with E-state index in [-0.39, 0.29) is 31.4 Å². The molecule has 0 fully saturated rings. The maximum absolute atomic E-state index is 13.0. The predicted molar refractivity (Wildman–Crippen MR) is 138 cm³/mol. The summed E-state index contributed by atoms with van der Waals surface area (Å²) in [5.41, 5.74) is 9.45. The molecule has 1 aliphatic carbocycles. The lowest BCUT2D eigenvalue weighted by Crippen LogP contribution is -2.54. The number of alkyl carbamates (subject to hydrolysis) is 1. The van der Waals surface area contributed by atoms with E-state index in [0.29, 0.717) is 6.42 Å². The molecule has 1 aliphatic rings. The molecule has 0 radical (unpaired) electrons. The number of ether oxygens (including phenoxy) is 2. The Morgan fingerprint density at radius 2 is 1.54 bits per heavy atom. The molecule has 0 saturated carbocycles. The molecule has 0 heterocycles. The van der Waals surface area contributed by atoms with Crippen molar-refractivity contribution < 1.29 is 28.7 Å². The molecule has 10 nitrogen and oxygen atoms in total. The highest BCUT2D eigenvalue weighted by atomic mass is 16.5. The van der Waals surface area contributed by atoms with Crippen LogP contribution in [0.15, 0.2) is 48.5 Å². The van der Waals surface area contributed by atoms with E-state index >= 15 is 0 Å². The molecule has 37 heavy (non-hydrogen) atoms. The van der Waals surface area contributed by atoms with Gasteiger partial charge in [0.05, 0.1) is 7.11 Å². The van der Waals surface area contributed by atoms with Crippen molar-refractivity contribution in [2.45, 2.75) is 44.7 Å². The van der Waals surface area contributed by atoms with E-state index in [4.69, 9.17) is 15.2 Å². The molecule has 0 bridgehead atoms. The smallest absolute Gasteiger partial charge is 0.407 e. The molecule has 0 aromatic heterocycles. The van der Waals surface area contributed by atoms with Crippen molar-refractivity contribution in [3.8, 4) is 11.1 Å². The van der Waals surface area contributed by atoms with Crippen LogP contribution in [0, 0.1) is 5.92 Å². The molecule has 10 heteroatoms. The van der Waals surface area contributed by atoms with Crippen LogP contribution in [0.25, 0.3) is 11.1 Å². The van der Waals surface area contributed by atoms with Gasteiger partial charge in [0.15, 0.2) is 0 Å². The number of fused-ring (bicyclic) bond motifs is 3. The molecule has 2 atom stereocenters. The van der Waals surface area contributed by atoms with Crippen LogP contribution in [-0.2, 0) is 19.1 Å². The molecule has 0 spiro atoms. The number of carbonyl (C=O) groups is 4. The minimum atomic E-state index is -0.947.